The standard InChI is InChI=1S/C71H86ClN11O9S2/c1-71(2)28-26-51(59(43-71)49-14-16-52(72)17-15-49)46-79-33-37-81(38-34-79)54-20-22-58(64(41-54)92-55-40-50-27-29-73-67(50)75-45-55)68(85)77-94(90,91)56-21-23-61(63(42-56)83(88)89)74-44-48-12-18-53(19-13-48)80-35-31-78(32-36-80)30-7-5-3-4-6-8-39-93-65-11-9-10-57-60(65)47-82(70(57)87)62-24-25-66(84)76-69(62)86/h9-11,14-17,20-23,27,29,40-42,45,48,53,62,74H,3-8,12-13,18-19,24-26,28,30-39,43-44,46-47H2,1-2H3,(H,73,75)(H,77,85)(H,76,84,86)/t48-,53+,62?. The minimum atomic E-state index is -4.61. The topological polar surface area (TPSA) is 236 Å². The maximum atomic E-state index is 14.2. The van der Waals surface area contributed by atoms with Crippen molar-refractivity contribution in [1.82, 2.24) is 39.6 Å². The van der Waals surface area contributed by atoms with Gasteiger partial charge in [0.1, 0.15) is 28.9 Å². The summed E-state index contributed by atoms with van der Waals surface area (Å²) >= 11 is 8.07. The Balaban J connectivity index is 0.577. The van der Waals surface area contributed by atoms with Gasteiger partial charge in [-0.1, -0.05) is 74.9 Å². The number of nitrogens with zero attached hydrogens (tertiary/aromatic N) is 7. The van der Waals surface area contributed by atoms with E-state index in [4.69, 9.17) is 16.3 Å². The molecule has 6 aromatic rings. The zero-order valence-electron chi connectivity index (χ0n) is 53.8. The van der Waals surface area contributed by atoms with Gasteiger partial charge in [0.2, 0.25) is 11.8 Å². The summed E-state index contributed by atoms with van der Waals surface area (Å²) in [6.45, 7) is 14.9. The quantitative estimate of drug-likeness (QED) is 0.0137. The first-order chi connectivity index (χ1) is 45.4. The van der Waals surface area contributed by atoms with Gasteiger partial charge < -0.3 is 29.7 Å². The van der Waals surface area contributed by atoms with E-state index in [-0.39, 0.29) is 46.6 Å². The van der Waals surface area contributed by atoms with E-state index in [9.17, 15) is 37.7 Å². The molecule has 1 saturated carbocycles. The Bertz CT molecular complexity index is 3910. The van der Waals surface area contributed by atoms with Crippen LogP contribution in [0.5, 0.6) is 11.5 Å². The monoisotopic (exact) mass is 1340 g/mol. The summed E-state index contributed by atoms with van der Waals surface area (Å²) in [7, 11) is -4.61. The van der Waals surface area contributed by atoms with Crippen molar-refractivity contribution in [3.63, 3.8) is 0 Å². The van der Waals surface area contributed by atoms with Crippen molar-refractivity contribution >= 4 is 90.7 Å². The summed E-state index contributed by atoms with van der Waals surface area (Å²) in [6.07, 6.45) is 18.2. The summed E-state index contributed by atoms with van der Waals surface area (Å²) in [5.74, 6) is -0.000586. The molecule has 4 aliphatic heterocycles. The third-order valence-electron chi connectivity index (χ3n) is 20.0. The van der Waals surface area contributed by atoms with Crippen LogP contribution in [-0.4, -0.2) is 156 Å². The average molecular weight is 1340 g/mol. The number of unbranched alkanes of at least 4 members (excludes halogenated alkanes) is 5. The predicted molar refractivity (Wildman–Crippen MR) is 368 cm³/mol. The molecule has 4 aromatic carbocycles. The molecule has 498 valence electrons. The molecule has 20 nitrogen and oxygen atoms in total. The third kappa shape index (κ3) is 16.1. The Morgan fingerprint density at radius 2 is 1.60 bits per heavy atom. The van der Waals surface area contributed by atoms with E-state index in [0.717, 1.165) is 142 Å². The largest absolute Gasteiger partial charge is 0.455 e. The number of anilines is 2. The molecule has 12 rings (SSSR count). The Hall–Kier alpha value is -7.34. The number of hydrogen-bond acceptors (Lipinski definition) is 16. The highest BCUT2D eigenvalue weighted by atomic mass is 35.5. The number of thioether (sulfide) groups is 1. The molecule has 1 atom stereocenters. The molecule has 2 aliphatic carbocycles. The number of aromatic amines is 1. The number of imide groups is 1. The molecule has 94 heavy (non-hydrogen) atoms. The molecule has 3 saturated heterocycles. The van der Waals surface area contributed by atoms with Crippen molar-refractivity contribution in [3.8, 4) is 11.5 Å². The van der Waals surface area contributed by atoms with Gasteiger partial charge in [0.05, 0.1) is 21.6 Å². The van der Waals surface area contributed by atoms with Crippen molar-refractivity contribution in [2.75, 3.05) is 88.0 Å². The van der Waals surface area contributed by atoms with Crippen LogP contribution in [0.2, 0.25) is 5.02 Å². The number of rotatable bonds is 25. The van der Waals surface area contributed by atoms with E-state index in [1.54, 1.807) is 47.1 Å². The molecule has 4 amide bonds. The fourth-order valence-electron chi connectivity index (χ4n) is 14.5. The number of piperidine rings is 1. The molecule has 6 heterocycles. The van der Waals surface area contributed by atoms with Crippen molar-refractivity contribution < 1.29 is 37.3 Å². The molecule has 2 aromatic heterocycles. The lowest BCUT2D eigenvalue weighted by Crippen LogP contribution is -2.52. The van der Waals surface area contributed by atoms with Crippen molar-refractivity contribution in [2.45, 2.75) is 139 Å². The van der Waals surface area contributed by atoms with Gasteiger partial charge in [0, 0.05) is 129 Å². The summed E-state index contributed by atoms with van der Waals surface area (Å²) in [5.41, 5.74) is 7.21. The van der Waals surface area contributed by atoms with Gasteiger partial charge in [-0.15, -0.1) is 11.8 Å². The highest BCUT2D eigenvalue weighted by Gasteiger charge is 2.40. The fraction of sp³-hybridized carbons (Fsp3) is 0.479. The molecule has 0 bridgehead atoms. The number of aromatic nitrogens is 2. The molecule has 23 heteroatoms. The minimum absolute atomic E-state index is 0.0377. The Morgan fingerprint density at radius 3 is 2.36 bits per heavy atom. The molecule has 4 fully saturated rings. The van der Waals surface area contributed by atoms with Gasteiger partial charge in [-0.3, -0.25) is 44.4 Å². The Kier molecular flexibility index (Phi) is 21.1. The maximum Gasteiger partial charge on any atom is 0.293 e. The second kappa shape index (κ2) is 29.7. The van der Waals surface area contributed by atoms with Crippen LogP contribution in [0.15, 0.2) is 119 Å². The van der Waals surface area contributed by atoms with E-state index in [0.29, 0.717) is 61.5 Å². The predicted octanol–water partition coefficient (Wildman–Crippen LogP) is 12.3. The van der Waals surface area contributed by atoms with Crippen LogP contribution in [0.3, 0.4) is 0 Å². The number of allylic oxidation sites excluding steroid dienone is 1. The van der Waals surface area contributed by atoms with Gasteiger partial charge >= 0.3 is 0 Å². The lowest BCUT2D eigenvalue weighted by molar-refractivity contribution is -0.384. The highest BCUT2D eigenvalue weighted by Crippen LogP contribution is 2.44. The fourth-order valence-corrected chi connectivity index (χ4v) is 16.7. The summed E-state index contributed by atoms with van der Waals surface area (Å²) in [5, 5.41) is 19.7. The lowest BCUT2D eigenvalue weighted by Gasteiger charge is -2.42. The van der Waals surface area contributed by atoms with Crippen LogP contribution in [0.4, 0.5) is 17.1 Å². The van der Waals surface area contributed by atoms with Gasteiger partial charge in [-0.25, -0.2) is 18.1 Å². The molecule has 6 aliphatic rings. The summed E-state index contributed by atoms with van der Waals surface area (Å²) in [6, 6.07) is 26.4. The molecule has 0 radical (unpaired) electrons. The van der Waals surface area contributed by atoms with Crippen molar-refractivity contribution in [1.29, 1.82) is 0 Å². The van der Waals surface area contributed by atoms with E-state index in [2.05, 4.69) is 77.0 Å². The zero-order valence-corrected chi connectivity index (χ0v) is 56.2. The zero-order chi connectivity index (χ0) is 65.5. The number of hydrogen-bond donors (Lipinski definition) is 4. The normalized spacial score (nSPS) is 20.8. The first-order valence-electron chi connectivity index (χ1n) is 33.5. The van der Waals surface area contributed by atoms with Gasteiger partial charge in [-0.2, -0.15) is 0 Å². The Labute approximate surface area is 560 Å². The van der Waals surface area contributed by atoms with E-state index in [1.807, 2.05) is 30.3 Å². The number of piperazine rings is 2. The molecule has 0 spiro atoms. The molecular weight excluding hydrogens is 1250 g/mol. The first-order valence-corrected chi connectivity index (χ1v) is 36.4. The van der Waals surface area contributed by atoms with E-state index >= 15 is 0 Å². The third-order valence-corrected chi connectivity index (χ3v) is 22.8. The minimum Gasteiger partial charge on any atom is -0.455 e. The number of nitro benzene ring substituents is 1. The Morgan fingerprint density at radius 1 is 0.840 bits per heavy atom. The number of fused-ring (bicyclic) bond motifs is 2. The molecular formula is C71H86ClN11O9S2. The number of nitrogens with one attached hydrogen (secondary N) is 4. The number of halogens is 1. The van der Waals surface area contributed by atoms with Crippen LogP contribution < -0.4 is 25.0 Å². The van der Waals surface area contributed by atoms with E-state index in [1.165, 1.54) is 67.1 Å². The number of ether oxygens (including phenoxy) is 1. The first kappa shape index (κ1) is 66.7. The van der Waals surface area contributed by atoms with Crippen LogP contribution in [0.25, 0.3) is 16.6 Å². The summed E-state index contributed by atoms with van der Waals surface area (Å²) in [4.78, 5) is 83.4. The second-order valence-electron chi connectivity index (χ2n) is 27.0. The average Bonchev–Trinajstić information content (AvgIpc) is 1.70. The number of carbonyl (C=O) groups is 4. The van der Waals surface area contributed by atoms with Gasteiger partial charge in [0.15, 0.2) is 0 Å². The van der Waals surface area contributed by atoms with Crippen molar-refractivity contribution in [2.24, 2.45) is 11.3 Å². The second-order valence-corrected chi connectivity index (χ2v) is 30.3. The number of pyridine rings is 1. The van der Waals surface area contributed by atoms with Crippen LogP contribution in [0, 0.1) is 21.4 Å². The maximum absolute atomic E-state index is 14.2. The van der Waals surface area contributed by atoms with Gasteiger partial charge in [0.25, 0.3) is 27.5 Å². The number of nitro groups is 1. The highest BCUT2D eigenvalue weighted by molar-refractivity contribution is 7.99. The number of amides is 4. The number of benzene rings is 4. The number of carbonyl (C=O) groups excluding carboxylic acids is 4. The molecule has 1 unspecified atom stereocenters. The number of sulfonamides is 1. The van der Waals surface area contributed by atoms with Crippen molar-refractivity contribution in [3.05, 3.63) is 146 Å². The van der Waals surface area contributed by atoms with Gasteiger partial charge in [-0.05, 0) is 165 Å². The van der Waals surface area contributed by atoms with Crippen LogP contribution in [-0.2, 0) is 26.2 Å². The molecule has 4 N–H and O–H groups in total. The SMILES string of the molecule is CC1(C)CCC(CN2CCN(c3ccc(C(=O)NS(=O)(=O)c4ccc(NC[C@H]5CC[C@@H](N6CCN(CCCCCCCCSc7cccc8c7CN(C7CCC(=O)NC7=O)C8=O)CC6)CC5)c([N+](=O)[O-])c4)c(Oc4cnc5[nH]ccc5c4)c3)CC2)=C(c2ccc(Cl)cc2)C1. The van der Waals surface area contributed by atoms with Crippen LogP contribution >= 0.6 is 23.4 Å². The number of H-pyrrole nitrogens is 1. The summed E-state index contributed by atoms with van der Waals surface area (Å²) < 4.78 is 36.7. The van der Waals surface area contributed by atoms with E-state index < -0.39 is 37.5 Å². The smallest absolute Gasteiger partial charge is 0.293 e. The van der Waals surface area contributed by atoms with Crippen LogP contribution in [0.1, 0.15) is 142 Å². The lowest BCUT2D eigenvalue weighted by atomic mass is 9.72.